The third-order valence-electron chi connectivity index (χ3n) is 6.22. The number of nitrogens with zero attached hydrogens (tertiary/aromatic N) is 2. The number of benzene rings is 2. The summed E-state index contributed by atoms with van der Waals surface area (Å²) in [5.41, 5.74) is 2.03. The van der Waals surface area contributed by atoms with E-state index in [-0.39, 0.29) is 16.8 Å². The molecule has 2 aliphatic heterocycles. The van der Waals surface area contributed by atoms with Crippen LogP contribution < -0.4 is 9.47 Å². The Morgan fingerprint density at radius 2 is 1.78 bits per heavy atom. The van der Waals surface area contributed by atoms with Crippen LogP contribution in [-0.2, 0) is 10.0 Å². The minimum atomic E-state index is -3.66. The van der Waals surface area contributed by atoms with E-state index in [1.54, 1.807) is 19.1 Å². The molecule has 2 aliphatic rings. The molecule has 0 unspecified atom stereocenters. The number of carbonyl (C=O) groups is 1. The molecule has 7 nitrogen and oxygen atoms in total. The van der Waals surface area contributed by atoms with Gasteiger partial charge in [0, 0.05) is 25.2 Å². The number of carbonyl (C=O) groups excluding carboxylic acids is 1. The Hall–Kier alpha value is -2.58. The fourth-order valence-electron chi connectivity index (χ4n) is 4.50. The summed E-state index contributed by atoms with van der Waals surface area (Å²) in [6.07, 6.45) is 1.74. The van der Waals surface area contributed by atoms with Gasteiger partial charge in [-0.15, -0.1) is 0 Å². The first kappa shape index (κ1) is 22.6. The van der Waals surface area contributed by atoms with Gasteiger partial charge in [0.1, 0.15) is 13.2 Å². The molecule has 172 valence electrons. The first-order valence-corrected chi connectivity index (χ1v) is 12.6. The number of hydrogen-bond donors (Lipinski definition) is 0. The van der Waals surface area contributed by atoms with E-state index in [0.717, 1.165) is 24.2 Å². The molecule has 0 spiro atoms. The second kappa shape index (κ2) is 9.11. The Balaban J connectivity index is 1.64. The first-order chi connectivity index (χ1) is 15.4. The maximum atomic E-state index is 13.5. The lowest BCUT2D eigenvalue weighted by Gasteiger charge is -2.27. The highest BCUT2D eigenvalue weighted by atomic mass is 32.2. The number of fused-ring (bicyclic) bond motifs is 1. The van der Waals surface area contributed by atoms with Crippen molar-refractivity contribution in [3.8, 4) is 11.5 Å². The predicted molar refractivity (Wildman–Crippen MR) is 122 cm³/mol. The molecule has 0 aliphatic carbocycles. The molecule has 32 heavy (non-hydrogen) atoms. The topological polar surface area (TPSA) is 76.2 Å². The summed E-state index contributed by atoms with van der Waals surface area (Å²) in [4.78, 5) is 15.5. The zero-order valence-corrected chi connectivity index (χ0v) is 19.7. The van der Waals surface area contributed by atoms with E-state index in [1.807, 2.05) is 36.9 Å². The van der Waals surface area contributed by atoms with Crippen molar-refractivity contribution in [3.63, 3.8) is 0 Å². The van der Waals surface area contributed by atoms with Crippen molar-refractivity contribution >= 4 is 15.9 Å². The first-order valence-electron chi connectivity index (χ1n) is 11.2. The number of amides is 1. The molecule has 1 amide bonds. The molecule has 4 rings (SSSR count). The average molecular weight is 459 g/mol. The molecule has 1 saturated heterocycles. The van der Waals surface area contributed by atoms with Crippen LogP contribution in [0.3, 0.4) is 0 Å². The third-order valence-corrected chi connectivity index (χ3v) is 8.41. The van der Waals surface area contributed by atoms with Crippen LogP contribution in [0.4, 0.5) is 0 Å². The number of sulfonamides is 1. The fourth-order valence-corrected chi connectivity index (χ4v) is 6.21. The van der Waals surface area contributed by atoms with Crippen LogP contribution in [0.15, 0.2) is 41.3 Å². The van der Waals surface area contributed by atoms with Crippen LogP contribution in [0.2, 0.25) is 0 Å². The molecule has 1 atom stereocenters. The molecule has 2 aromatic rings. The Kier molecular flexibility index (Phi) is 6.44. The van der Waals surface area contributed by atoms with Gasteiger partial charge in [-0.2, -0.15) is 4.31 Å². The van der Waals surface area contributed by atoms with Crippen molar-refractivity contribution in [2.75, 3.05) is 32.8 Å². The van der Waals surface area contributed by atoms with Gasteiger partial charge < -0.3 is 14.4 Å². The van der Waals surface area contributed by atoms with Crippen molar-refractivity contribution in [1.29, 1.82) is 0 Å². The zero-order valence-electron chi connectivity index (χ0n) is 18.8. The van der Waals surface area contributed by atoms with Crippen molar-refractivity contribution in [3.05, 3.63) is 53.1 Å². The lowest BCUT2D eigenvalue weighted by Crippen LogP contribution is -2.32. The highest BCUT2D eigenvalue weighted by molar-refractivity contribution is 7.89. The Labute approximate surface area is 190 Å². The summed E-state index contributed by atoms with van der Waals surface area (Å²) < 4.78 is 39.0. The zero-order chi connectivity index (χ0) is 22.9. The smallest absolute Gasteiger partial charge is 0.254 e. The molecule has 8 heteroatoms. The molecule has 0 N–H and O–H groups in total. The molecule has 2 aromatic carbocycles. The van der Waals surface area contributed by atoms with Crippen molar-refractivity contribution in [1.82, 2.24) is 9.21 Å². The third kappa shape index (κ3) is 4.09. The van der Waals surface area contributed by atoms with Crippen LogP contribution in [0.1, 0.15) is 54.2 Å². The van der Waals surface area contributed by atoms with Gasteiger partial charge in [0.15, 0.2) is 11.5 Å². The average Bonchev–Trinajstić information content (AvgIpc) is 3.29. The van der Waals surface area contributed by atoms with Gasteiger partial charge in [-0.25, -0.2) is 8.42 Å². The minimum Gasteiger partial charge on any atom is -0.486 e. The van der Waals surface area contributed by atoms with Gasteiger partial charge >= 0.3 is 0 Å². The molecule has 0 saturated carbocycles. The predicted octanol–water partition coefficient (Wildman–Crippen LogP) is 3.77. The molecule has 0 aromatic heterocycles. The van der Waals surface area contributed by atoms with Crippen LogP contribution in [0.25, 0.3) is 0 Å². The molecular weight excluding hydrogens is 428 g/mol. The van der Waals surface area contributed by atoms with E-state index in [9.17, 15) is 13.2 Å². The van der Waals surface area contributed by atoms with E-state index in [1.165, 1.54) is 10.4 Å². The van der Waals surface area contributed by atoms with Gasteiger partial charge in [0.2, 0.25) is 10.0 Å². The summed E-state index contributed by atoms with van der Waals surface area (Å²) in [7, 11) is -3.66. The van der Waals surface area contributed by atoms with Gasteiger partial charge in [0.05, 0.1) is 10.9 Å². The summed E-state index contributed by atoms with van der Waals surface area (Å²) in [5.74, 6) is 1.27. The number of likely N-dealkylation sites (tertiary alicyclic amines) is 1. The largest absolute Gasteiger partial charge is 0.486 e. The number of aryl methyl sites for hydroxylation is 1. The Bertz CT molecular complexity index is 1110. The van der Waals surface area contributed by atoms with Gasteiger partial charge in [-0.1, -0.05) is 26.0 Å². The van der Waals surface area contributed by atoms with Crippen LogP contribution in [0.5, 0.6) is 11.5 Å². The lowest BCUT2D eigenvalue weighted by atomic mass is 10.0. The normalized spacial score (nSPS) is 18.2. The van der Waals surface area contributed by atoms with E-state index in [2.05, 4.69) is 0 Å². The lowest BCUT2D eigenvalue weighted by molar-refractivity contribution is 0.0735. The summed E-state index contributed by atoms with van der Waals surface area (Å²) in [6, 6.07) is 10.7. The molecule has 2 heterocycles. The van der Waals surface area contributed by atoms with Crippen molar-refractivity contribution < 1.29 is 22.7 Å². The van der Waals surface area contributed by atoms with E-state index >= 15 is 0 Å². The minimum absolute atomic E-state index is 0.0810. The maximum absolute atomic E-state index is 13.5. The Morgan fingerprint density at radius 3 is 2.50 bits per heavy atom. The van der Waals surface area contributed by atoms with E-state index in [4.69, 9.17) is 9.47 Å². The monoisotopic (exact) mass is 458 g/mol. The highest BCUT2D eigenvalue weighted by Gasteiger charge is 2.33. The molecular formula is C24H30N2O5S. The number of rotatable bonds is 6. The quantitative estimate of drug-likeness (QED) is 0.659. The standard InChI is InChI=1S/C24H30N2O5S/c1-4-25(5-2)32(28,29)23-16-19(9-8-17(23)3)24(27)26-12-6-7-20(26)18-10-11-21-22(15-18)31-14-13-30-21/h8-11,15-16,20H,4-7,12-14H2,1-3H3/t20-/m1/s1. The van der Waals surface area contributed by atoms with E-state index in [0.29, 0.717) is 49.7 Å². The molecule has 1 fully saturated rings. The SMILES string of the molecule is CCN(CC)S(=O)(=O)c1cc(C(=O)N2CCC[C@@H]2c2ccc3c(c2)OCCO3)ccc1C. The summed E-state index contributed by atoms with van der Waals surface area (Å²) >= 11 is 0. The van der Waals surface area contributed by atoms with Crippen LogP contribution in [0, 0.1) is 6.92 Å². The second-order valence-electron chi connectivity index (χ2n) is 8.13. The fraction of sp³-hybridized carbons (Fsp3) is 0.458. The van der Waals surface area contributed by atoms with Crippen molar-refractivity contribution in [2.45, 2.75) is 44.6 Å². The second-order valence-corrected chi connectivity index (χ2v) is 10.0. The molecule has 0 radical (unpaired) electrons. The van der Waals surface area contributed by atoms with Gasteiger partial charge in [-0.05, 0) is 55.2 Å². The number of hydrogen-bond acceptors (Lipinski definition) is 5. The highest BCUT2D eigenvalue weighted by Crippen LogP contribution is 2.39. The Morgan fingerprint density at radius 1 is 1.06 bits per heavy atom. The molecule has 0 bridgehead atoms. The van der Waals surface area contributed by atoms with E-state index < -0.39 is 10.0 Å². The van der Waals surface area contributed by atoms with Gasteiger partial charge in [0.25, 0.3) is 5.91 Å². The summed E-state index contributed by atoms with van der Waals surface area (Å²) in [5, 5.41) is 0. The number of ether oxygens (including phenoxy) is 2. The van der Waals surface area contributed by atoms with Gasteiger partial charge in [-0.3, -0.25) is 4.79 Å². The van der Waals surface area contributed by atoms with Crippen LogP contribution >= 0.6 is 0 Å². The van der Waals surface area contributed by atoms with Crippen LogP contribution in [-0.4, -0.2) is 56.4 Å². The van der Waals surface area contributed by atoms with Crippen molar-refractivity contribution in [2.24, 2.45) is 0 Å². The maximum Gasteiger partial charge on any atom is 0.254 e. The summed E-state index contributed by atoms with van der Waals surface area (Å²) in [6.45, 7) is 7.83.